The second kappa shape index (κ2) is 7.48. The lowest BCUT2D eigenvalue weighted by molar-refractivity contribution is -0.158. The van der Waals surface area contributed by atoms with Gasteiger partial charge in [0, 0.05) is 50.4 Å². The number of methoxy groups -OCH3 is 2. The van der Waals surface area contributed by atoms with Gasteiger partial charge in [0.15, 0.2) is 11.5 Å². The van der Waals surface area contributed by atoms with E-state index < -0.39 is 5.72 Å². The van der Waals surface area contributed by atoms with Gasteiger partial charge in [-0.2, -0.15) is 5.10 Å². The number of carbonyl (C=O) groups is 1. The minimum absolute atomic E-state index is 0.108. The molecular formula is C24H27N3O4. The van der Waals surface area contributed by atoms with E-state index in [1.54, 1.807) is 21.1 Å². The van der Waals surface area contributed by atoms with Crippen molar-refractivity contribution in [2.24, 2.45) is 5.10 Å². The number of hydrogen-bond acceptors (Lipinski definition) is 6. The fourth-order valence-electron chi connectivity index (χ4n) is 4.92. The quantitative estimate of drug-likeness (QED) is 0.758. The van der Waals surface area contributed by atoms with Crippen LogP contribution in [0.1, 0.15) is 43.4 Å². The highest BCUT2D eigenvalue weighted by molar-refractivity contribution is 6.02. The average molecular weight is 421 g/mol. The van der Waals surface area contributed by atoms with Crippen molar-refractivity contribution in [1.82, 2.24) is 9.91 Å². The summed E-state index contributed by atoms with van der Waals surface area (Å²) in [6, 6.07) is 14.3. The van der Waals surface area contributed by atoms with E-state index in [-0.39, 0.29) is 11.9 Å². The highest BCUT2D eigenvalue weighted by Gasteiger charge is 2.52. The van der Waals surface area contributed by atoms with Crippen molar-refractivity contribution < 1.29 is 19.0 Å². The zero-order valence-electron chi connectivity index (χ0n) is 18.1. The van der Waals surface area contributed by atoms with E-state index in [9.17, 15) is 4.79 Å². The maximum atomic E-state index is 11.9. The third-order valence-corrected chi connectivity index (χ3v) is 6.61. The molecule has 3 aliphatic rings. The Balaban J connectivity index is 1.53. The standard InChI is InChI=1S/C24H27N3O4/c1-16(28)26-12-10-24(11-13-26)27-20(18-6-4-5-7-21(18)31-24)15-19(25-27)17-8-9-22(29-2)23(14-17)30-3/h4-9,14,20H,10-13,15H2,1-3H3/t20-/m0/s1. The summed E-state index contributed by atoms with van der Waals surface area (Å²) in [5.41, 5.74) is 2.63. The Kier molecular flexibility index (Phi) is 4.76. The number of benzene rings is 2. The second-order valence-electron chi connectivity index (χ2n) is 8.27. The molecule has 0 aliphatic carbocycles. The molecule has 3 heterocycles. The van der Waals surface area contributed by atoms with Gasteiger partial charge in [-0.25, -0.2) is 5.01 Å². The molecule has 0 N–H and O–H groups in total. The number of carbonyl (C=O) groups excluding carboxylic acids is 1. The second-order valence-corrected chi connectivity index (χ2v) is 8.27. The van der Waals surface area contributed by atoms with Crippen molar-refractivity contribution >= 4 is 11.6 Å². The lowest BCUT2D eigenvalue weighted by Crippen LogP contribution is -2.59. The molecule has 3 aliphatic heterocycles. The summed E-state index contributed by atoms with van der Waals surface area (Å²) < 4.78 is 17.5. The number of rotatable bonds is 3. The molecule has 1 fully saturated rings. The number of hydrazone groups is 1. The normalized spacial score (nSPS) is 21.1. The Bertz CT molecular complexity index is 1040. The number of amides is 1. The van der Waals surface area contributed by atoms with Crippen molar-refractivity contribution in [2.75, 3.05) is 27.3 Å². The third-order valence-electron chi connectivity index (χ3n) is 6.61. The fraction of sp³-hybridized carbons (Fsp3) is 0.417. The first-order chi connectivity index (χ1) is 15.0. The van der Waals surface area contributed by atoms with Crippen molar-refractivity contribution in [3.8, 4) is 17.2 Å². The molecule has 1 amide bonds. The first kappa shape index (κ1) is 19.7. The molecular weight excluding hydrogens is 394 g/mol. The van der Waals surface area contributed by atoms with Gasteiger partial charge in [0.25, 0.3) is 0 Å². The number of ether oxygens (including phenoxy) is 3. The summed E-state index contributed by atoms with van der Waals surface area (Å²) in [5, 5.41) is 7.23. The summed E-state index contributed by atoms with van der Waals surface area (Å²) in [6.45, 7) is 2.96. The van der Waals surface area contributed by atoms with E-state index in [2.05, 4.69) is 11.1 Å². The monoisotopic (exact) mass is 421 g/mol. The Morgan fingerprint density at radius 2 is 1.84 bits per heavy atom. The molecule has 1 spiro atoms. The van der Waals surface area contributed by atoms with Gasteiger partial charge < -0.3 is 19.1 Å². The van der Waals surface area contributed by atoms with Gasteiger partial charge in [0.2, 0.25) is 11.6 Å². The Morgan fingerprint density at radius 1 is 1.10 bits per heavy atom. The first-order valence-corrected chi connectivity index (χ1v) is 10.7. The minimum Gasteiger partial charge on any atom is -0.493 e. The molecule has 7 heteroatoms. The van der Waals surface area contributed by atoms with Crippen LogP contribution < -0.4 is 14.2 Å². The van der Waals surface area contributed by atoms with Crippen LogP contribution in [0.5, 0.6) is 17.2 Å². The molecule has 1 saturated heterocycles. The summed E-state index contributed by atoms with van der Waals surface area (Å²) >= 11 is 0. The van der Waals surface area contributed by atoms with Crippen LogP contribution in [0.3, 0.4) is 0 Å². The van der Waals surface area contributed by atoms with Crippen molar-refractivity contribution in [2.45, 2.75) is 38.0 Å². The largest absolute Gasteiger partial charge is 0.493 e. The van der Waals surface area contributed by atoms with Crippen LogP contribution in [-0.2, 0) is 4.79 Å². The first-order valence-electron chi connectivity index (χ1n) is 10.7. The third kappa shape index (κ3) is 3.19. The number of hydrogen-bond donors (Lipinski definition) is 0. The summed E-state index contributed by atoms with van der Waals surface area (Å²) in [5.74, 6) is 2.42. The van der Waals surface area contributed by atoms with Gasteiger partial charge in [-0.15, -0.1) is 0 Å². The topological polar surface area (TPSA) is 63.6 Å². The SMILES string of the molecule is COc1ccc(C2=NN3[C@@H](C2)c2ccccc2OC32CCN(C(C)=O)CC2)cc1OC. The molecule has 0 bridgehead atoms. The van der Waals surface area contributed by atoms with E-state index in [1.807, 2.05) is 41.3 Å². The van der Waals surface area contributed by atoms with Crippen LogP contribution in [-0.4, -0.2) is 54.6 Å². The van der Waals surface area contributed by atoms with Gasteiger partial charge in [-0.3, -0.25) is 4.79 Å². The number of likely N-dealkylation sites (tertiary alicyclic amines) is 1. The van der Waals surface area contributed by atoms with Crippen molar-refractivity contribution in [3.05, 3.63) is 53.6 Å². The van der Waals surface area contributed by atoms with E-state index in [4.69, 9.17) is 19.3 Å². The number of nitrogens with zero attached hydrogens (tertiary/aromatic N) is 3. The zero-order valence-corrected chi connectivity index (χ0v) is 18.1. The molecule has 1 atom stereocenters. The predicted octanol–water partition coefficient (Wildman–Crippen LogP) is 3.59. The van der Waals surface area contributed by atoms with Gasteiger partial charge in [-0.1, -0.05) is 18.2 Å². The molecule has 5 rings (SSSR count). The van der Waals surface area contributed by atoms with Gasteiger partial charge in [0.05, 0.1) is 26.0 Å². The molecule has 0 saturated carbocycles. The van der Waals surface area contributed by atoms with Crippen LogP contribution in [0.2, 0.25) is 0 Å². The fourth-order valence-corrected chi connectivity index (χ4v) is 4.92. The van der Waals surface area contributed by atoms with Crippen LogP contribution in [0.15, 0.2) is 47.6 Å². The lowest BCUT2D eigenvalue weighted by Gasteiger charge is -2.51. The van der Waals surface area contributed by atoms with Gasteiger partial charge >= 0.3 is 0 Å². The van der Waals surface area contributed by atoms with Crippen LogP contribution >= 0.6 is 0 Å². The predicted molar refractivity (Wildman–Crippen MR) is 117 cm³/mol. The Morgan fingerprint density at radius 3 is 2.55 bits per heavy atom. The maximum Gasteiger partial charge on any atom is 0.219 e. The van der Waals surface area contributed by atoms with Crippen molar-refractivity contribution in [1.29, 1.82) is 0 Å². The summed E-state index contributed by atoms with van der Waals surface area (Å²) in [4.78, 5) is 13.8. The van der Waals surface area contributed by atoms with Crippen molar-refractivity contribution in [3.63, 3.8) is 0 Å². The minimum atomic E-state index is -0.538. The van der Waals surface area contributed by atoms with Crippen LogP contribution in [0.4, 0.5) is 0 Å². The summed E-state index contributed by atoms with van der Waals surface area (Å²) in [7, 11) is 3.28. The number of para-hydroxylation sites is 1. The molecule has 162 valence electrons. The zero-order chi connectivity index (χ0) is 21.6. The number of fused-ring (bicyclic) bond motifs is 4. The van der Waals surface area contributed by atoms with Gasteiger partial charge in [-0.05, 0) is 24.3 Å². The molecule has 7 nitrogen and oxygen atoms in total. The Hall–Kier alpha value is -3.22. The lowest BCUT2D eigenvalue weighted by atomic mass is 9.90. The Labute approximate surface area is 182 Å². The van der Waals surface area contributed by atoms with Crippen LogP contribution in [0.25, 0.3) is 0 Å². The van der Waals surface area contributed by atoms with E-state index >= 15 is 0 Å². The smallest absolute Gasteiger partial charge is 0.219 e. The van der Waals surface area contributed by atoms with E-state index in [0.29, 0.717) is 24.6 Å². The average Bonchev–Trinajstić information content (AvgIpc) is 3.26. The van der Waals surface area contributed by atoms with Gasteiger partial charge in [0.1, 0.15) is 5.75 Å². The molecule has 0 aromatic heterocycles. The van der Waals surface area contributed by atoms with Crippen LogP contribution in [0, 0.1) is 0 Å². The molecule has 0 radical (unpaired) electrons. The molecule has 0 unspecified atom stereocenters. The highest BCUT2D eigenvalue weighted by Crippen LogP contribution is 2.50. The molecule has 2 aromatic carbocycles. The van der Waals surface area contributed by atoms with E-state index in [1.165, 1.54) is 0 Å². The molecule has 2 aromatic rings. The number of piperidine rings is 1. The van der Waals surface area contributed by atoms with E-state index in [0.717, 1.165) is 41.9 Å². The highest BCUT2D eigenvalue weighted by atomic mass is 16.5. The summed E-state index contributed by atoms with van der Waals surface area (Å²) in [6.07, 6.45) is 2.23. The molecule has 31 heavy (non-hydrogen) atoms. The maximum absolute atomic E-state index is 11.9.